The summed E-state index contributed by atoms with van der Waals surface area (Å²) in [6.45, 7) is 4.05. The molecule has 0 aliphatic carbocycles. The number of carbonyl (C=O) groups excluding carboxylic acids is 2. The first-order valence-electron chi connectivity index (χ1n) is 9.19. The van der Waals surface area contributed by atoms with Crippen molar-refractivity contribution >= 4 is 11.8 Å². The second-order valence-electron chi connectivity index (χ2n) is 6.80. The van der Waals surface area contributed by atoms with Crippen molar-refractivity contribution in [3.8, 4) is 17.2 Å². The summed E-state index contributed by atoms with van der Waals surface area (Å²) in [5.41, 5.74) is 3.31. The molecule has 2 rings (SSSR count). The van der Waals surface area contributed by atoms with E-state index < -0.39 is 0 Å². The lowest BCUT2D eigenvalue weighted by Gasteiger charge is -2.21. The van der Waals surface area contributed by atoms with Crippen LogP contribution in [-0.4, -0.2) is 51.6 Å². The Balaban J connectivity index is 2.05. The number of likely N-dealkylation sites (N-methyl/N-ethyl adjacent to an activating group) is 1. The van der Waals surface area contributed by atoms with Crippen LogP contribution in [0.1, 0.15) is 27.0 Å². The van der Waals surface area contributed by atoms with Gasteiger partial charge in [-0.15, -0.1) is 0 Å². The molecular weight excluding hydrogens is 372 g/mol. The van der Waals surface area contributed by atoms with Crippen LogP contribution in [0.3, 0.4) is 0 Å². The van der Waals surface area contributed by atoms with Gasteiger partial charge in [0.05, 0.1) is 27.9 Å². The molecule has 2 aromatic rings. The zero-order valence-electron chi connectivity index (χ0n) is 17.8. The largest absolute Gasteiger partial charge is 0.493 e. The van der Waals surface area contributed by atoms with E-state index in [4.69, 9.17) is 14.2 Å². The van der Waals surface area contributed by atoms with Crippen molar-refractivity contribution in [1.29, 1.82) is 0 Å². The van der Waals surface area contributed by atoms with Crippen LogP contribution in [0.4, 0.5) is 0 Å². The maximum atomic E-state index is 12.5. The molecule has 0 saturated heterocycles. The molecule has 7 heteroatoms. The third-order valence-corrected chi connectivity index (χ3v) is 4.50. The lowest BCUT2D eigenvalue weighted by atomic mass is 10.1. The van der Waals surface area contributed by atoms with Gasteiger partial charge in [-0.3, -0.25) is 9.59 Å². The van der Waals surface area contributed by atoms with Gasteiger partial charge < -0.3 is 24.4 Å². The number of aryl methyl sites for hydroxylation is 2. The fourth-order valence-corrected chi connectivity index (χ4v) is 3.13. The van der Waals surface area contributed by atoms with Gasteiger partial charge in [-0.05, 0) is 38.1 Å². The molecule has 2 aromatic carbocycles. The lowest BCUT2D eigenvalue weighted by Crippen LogP contribution is -2.37. The Hall–Kier alpha value is -3.22. The van der Waals surface area contributed by atoms with Crippen LogP contribution < -0.4 is 19.5 Å². The number of rotatable bonds is 8. The quantitative estimate of drug-likeness (QED) is 0.737. The average molecular weight is 400 g/mol. The molecule has 2 amide bonds. The Bertz CT molecular complexity index is 875. The van der Waals surface area contributed by atoms with E-state index in [0.29, 0.717) is 29.4 Å². The summed E-state index contributed by atoms with van der Waals surface area (Å²) < 4.78 is 16.1. The molecule has 0 unspecified atom stereocenters. The molecule has 0 bridgehead atoms. The van der Waals surface area contributed by atoms with Gasteiger partial charge in [0.2, 0.25) is 11.7 Å². The molecule has 0 aliphatic rings. The first kappa shape index (κ1) is 22.1. The smallest absolute Gasteiger partial charge is 0.251 e. The SMILES string of the molecule is COc1ccc(CN(C)C(=O)CNC(=O)c2cc(C)cc(C)c2)c(OC)c1OC. The number of benzene rings is 2. The third-order valence-electron chi connectivity index (χ3n) is 4.50. The van der Waals surface area contributed by atoms with Gasteiger partial charge >= 0.3 is 0 Å². The minimum absolute atomic E-state index is 0.0993. The molecule has 0 saturated carbocycles. The zero-order chi connectivity index (χ0) is 21.6. The maximum Gasteiger partial charge on any atom is 0.251 e. The average Bonchev–Trinajstić information content (AvgIpc) is 2.70. The molecule has 29 heavy (non-hydrogen) atoms. The van der Waals surface area contributed by atoms with Gasteiger partial charge in [0.1, 0.15) is 0 Å². The fraction of sp³-hybridized carbons (Fsp3) is 0.364. The van der Waals surface area contributed by atoms with Crippen molar-refractivity contribution in [2.75, 3.05) is 34.9 Å². The van der Waals surface area contributed by atoms with Crippen molar-refractivity contribution < 1.29 is 23.8 Å². The van der Waals surface area contributed by atoms with Crippen LogP contribution in [-0.2, 0) is 11.3 Å². The second-order valence-corrected chi connectivity index (χ2v) is 6.80. The van der Waals surface area contributed by atoms with E-state index in [9.17, 15) is 9.59 Å². The number of methoxy groups -OCH3 is 3. The van der Waals surface area contributed by atoms with Crippen molar-refractivity contribution in [2.45, 2.75) is 20.4 Å². The Morgan fingerprint density at radius 3 is 2.10 bits per heavy atom. The molecule has 0 aliphatic heterocycles. The molecule has 7 nitrogen and oxygen atoms in total. The number of nitrogens with one attached hydrogen (secondary N) is 1. The summed E-state index contributed by atoms with van der Waals surface area (Å²) in [5, 5.41) is 2.68. The summed E-state index contributed by atoms with van der Waals surface area (Å²) in [4.78, 5) is 26.4. The highest BCUT2D eigenvalue weighted by Crippen LogP contribution is 2.40. The van der Waals surface area contributed by atoms with Crippen LogP contribution in [0.25, 0.3) is 0 Å². The van der Waals surface area contributed by atoms with Gasteiger partial charge in [-0.1, -0.05) is 17.2 Å². The molecular formula is C22H28N2O5. The Labute approximate surface area is 171 Å². The van der Waals surface area contributed by atoms with E-state index in [1.165, 1.54) is 19.1 Å². The Kier molecular flexibility index (Phi) is 7.47. The van der Waals surface area contributed by atoms with E-state index in [2.05, 4.69) is 5.32 Å². The molecule has 156 valence electrons. The number of nitrogens with zero attached hydrogens (tertiary/aromatic N) is 1. The maximum absolute atomic E-state index is 12.5. The molecule has 0 fully saturated rings. The first-order chi connectivity index (χ1) is 13.8. The van der Waals surface area contributed by atoms with Crippen LogP contribution >= 0.6 is 0 Å². The van der Waals surface area contributed by atoms with Crippen molar-refractivity contribution in [2.24, 2.45) is 0 Å². The minimum Gasteiger partial charge on any atom is -0.493 e. The van der Waals surface area contributed by atoms with Gasteiger partial charge in [-0.2, -0.15) is 0 Å². The molecule has 1 N–H and O–H groups in total. The van der Waals surface area contributed by atoms with Crippen molar-refractivity contribution in [1.82, 2.24) is 10.2 Å². The minimum atomic E-state index is -0.276. The summed E-state index contributed by atoms with van der Waals surface area (Å²) in [6.07, 6.45) is 0. The van der Waals surface area contributed by atoms with E-state index in [-0.39, 0.29) is 18.4 Å². The second kappa shape index (κ2) is 9.82. The van der Waals surface area contributed by atoms with E-state index in [0.717, 1.165) is 16.7 Å². The van der Waals surface area contributed by atoms with Gasteiger partial charge in [-0.25, -0.2) is 0 Å². The summed E-state index contributed by atoms with van der Waals surface area (Å²) in [6, 6.07) is 9.16. The predicted molar refractivity (Wildman–Crippen MR) is 111 cm³/mol. The summed E-state index contributed by atoms with van der Waals surface area (Å²) in [5.74, 6) is 1.02. The van der Waals surface area contributed by atoms with Crippen LogP contribution in [0.2, 0.25) is 0 Å². The van der Waals surface area contributed by atoms with Gasteiger partial charge in [0, 0.05) is 24.7 Å². The number of carbonyl (C=O) groups is 2. The highest BCUT2D eigenvalue weighted by molar-refractivity contribution is 5.96. The highest BCUT2D eigenvalue weighted by Gasteiger charge is 2.19. The Morgan fingerprint density at radius 2 is 1.55 bits per heavy atom. The number of ether oxygens (including phenoxy) is 3. The molecule has 0 heterocycles. The Morgan fingerprint density at radius 1 is 0.931 bits per heavy atom. The number of hydrogen-bond donors (Lipinski definition) is 1. The van der Waals surface area contributed by atoms with Gasteiger partial charge in [0.25, 0.3) is 5.91 Å². The monoisotopic (exact) mass is 400 g/mol. The standard InChI is InChI=1S/C22H28N2O5/c1-14-9-15(2)11-17(10-14)22(26)23-12-19(25)24(3)13-16-7-8-18(27-4)21(29-6)20(16)28-5/h7-11H,12-13H2,1-6H3,(H,23,26). The number of hydrogen-bond acceptors (Lipinski definition) is 5. The lowest BCUT2D eigenvalue weighted by molar-refractivity contribution is -0.129. The van der Waals surface area contributed by atoms with Crippen LogP contribution in [0, 0.1) is 13.8 Å². The van der Waals surface area contributed by atoms with Crippen molar-refractivity contribution in [3.05, 3.63) is 52.6 Å². The molecule has 0 atom stereocenters. The summed E-state index contributed by atoms with van der Waals surface area (Å²) >= 11 is 0. The predicted octanol–water partition coefficient (Wildman–Crippen LogP) is 2.72. The normalized spacial score (nSPS) is 10.3. The first-order valence-corrected chi connectivity index (χ1v) is 9.19. The molecule has 0 radical (unpaired) electrons. The highest BCUT2D eigenvalue weighted by atomic mass is 16.5. The number of amides is 2. The van der Waals surface area contributed by atoms with E-state index in [1.807, 2.05) is 26.0 Å². The van der Waals surface area contributed by atoms with Crippen LogP contribution in [0.5, 0.6) is 17.2 Å². The zero-order valence-corrected chi connectivity index (χ0v) is 17.8. The van der Waals surface area contributed by atoms with E-state index in [1.54, 1.807) is 32.4 Å². The van der Waals surface area contributed by atoms with E-state index >= 15 is 0 Å². The van der Waals surface area contributed by atoms with Crippen LogP contribution in [0.15, 0.2) is 30.3 Å². The topological polar surface area (TPSA) is 77.1 Å². The van der Waals surface area contributed by atoms with Gasteiger partial charge in [0.15, 0.2) is 11.5 Å². The molecule has 0 spiro atoms. The molecule has 0 aromatic heterocycles. The fourth-order valence-electron chi connectivity index (χ4n) is 3.13. The third kappa shape index (κ3) is 5.40. The summed E-state index contributed by atoms with van der Waals surface area (Å²) in [7, 11) is 6.28. The van der Waals surface area contributed by atoms with Crippen molar-refractivity contribution in [3.63, 3.8) is 0 Å².